The van der Waals surface area contributed by atoms with E-state index in [-0.39, 0.29) is 23.4 Å². The van der Waals surface area contributed by atoms with E-state index >= 15 is 0 Å². The van der Waals surface area contributed by atoms with E-state index in [1.807, 2.05) is 23.1 Å². The first-order valence-corrected chi connectivity index (χ1v) is 9.00. The van der Waals surface area contributed by atoms with Crippen LogP contribution >= 0.6 is 0 Å². The molecule has 1 fully saturated rings. The standard InChI is InChI=1S/C20H21FN4O2/c1-24-19(26)12-17(14-5-7-22-8-6-14)23-20(24)25-9-10-27-18(13-25)15-3-2-4-16(21)11-15/h2-8,12,15,18H,9-11,13H2,1H3/t15?,18-/m0/s1. The summed E-state index contributed by atoms with van der Waals surface area (Å²) in [4.78, 5) is 23.3. The summed E-state index contributed by atoms with van der Waals surface area (Å²) < 4.78 is 21.1. The fraction of sp³-hybridized carbons (Fsp3) is 0.350. The molecule has 3 heterocycles. The highest BCUT2D eigenvalue weighted by molar-refractivity contribution is 5.59. The fourth-order valence-electron chi connectivity index (χ4n) is 3.52. The molecule has 1 aliphatic heterocycles. The van der Waals surface area contributed by atoms with Crippen LogP contribution in [-0.2, 0) is 11.8 Å². The number of nitrogens with zero attached hydrogens (tertiary/aromatic N) is 4. The third-order valence-electron chi connectivity index (χ3n) is 5.01. The zero-order chi connectivity index (χ0) is 18.8. The molecule has 27 heavy (non-hydrogen) atoms. The van der Waals surface area contributed by atoms with E-state index in [2.05, 4.69) is 4.98 Å². The monoisotopic (exact) mass is 368 g/mol. The molecule has 0 N–H and O–H groups in total. The lowest BCUT2D eigenvalue weighted by Gasteiger charge is -2.37. The summed E-state index contributed by atoms with van der Waals surface area (Å²) in [5.41, 5.74) is 1.34. The van der Waals surface area contributed by atoms with Gasteiger partial charge in [-0.1, -0.05) is 12.2 Å². The minimum atomic E-state index is -0.143. The van der Waals surface area contributed by atoms with Crippen LogP contribution < -0.4 is 10.5 Å². The summed E-state index contributed by atoms with van der Waals surface area (Å²) >= 11 is 0. The van der Waals surface area contributed by atoms with Crippen molar-refractivity contribution < 1.29 is 9.13 Å². The quantitative estimate of drug-likeness (QED) is 0.833. The number of halogens is 1. The number of rotatable bonds is 3. The van der Waals surface area contributed by atoms with Crippen molar-refractivity contribution >= 4 is 5.95 Å². The van der Waals surface area contributed by atoms with Gasteiger partial charge in [-0.3, -0.25) is 14.3 Å². The van der Waals surface area contributed by atoms with Gasteiger partial charge in [0, 0.05) is 56.5 Å². The summed E-state index contributed by atoms with van der Waals surface area (Å²) in [7, 11) is 1.72. The maximum atomic E-state index is 13.6. The van der Waals surface area contributed by atoms with E-state index in [0.717, 1.165) is 5.56 Å². The molecule has 1 aliphatic carbocycles. The van der Waals surface area contributed by atoms with Crippen LogP contribution in [0.1, 0.15) is 6.42 Å². The third-order valence-corrected chi connectivity index (χ3v) is 5.01. The number of morpholine rings is 1. The molecule has 0 bridgehead atoms. The predicted molar refractivity (Wildman–Crippen MR) is 101 cm³/mol. The van der Waals surface area contributed by atoms with Crippen molar-refractivity contribution in [3.05, 3.63) is 65.0 Å². The van der Waals surface area contributed by atoms with E-state index in [1.54, 1.807) is 30.1 Å². The highest BCUT2D eigenvalue weighted by atomic mass is 19.1. The van der Waals surface area contributed by atoms with Gasteiger partial charge < -0.3 is 9.64 Å². The molecule has 0 spiro atoms. The van der Waals surface area contributed by atoms with Crippen molar-refractivity contribution in [3.63, 3.8) is 0 Å². The predicted octanol–water partition coefficient (Wildman–Crippen LogP) is 2.48. The molecule has 2 aromatic rings. The average molecular weight is 368 g/mol. The maximum absolute atomic E-state index is 13.6. The molecule has 0 radical (unpaired) electrons. The Balaban J connectivity index is 1.62. The lowest BCUT2D eigenvalue weighted by Crippen LogP contribution is -2.47. The minimum Gasteiger partial charge on any atom is -0.374 e. The van der Waals surface area contributed by atoms with Gasteiger partial charge in [-0.05, 0) is 18.2 Å². The molecule has 0 amide bonds. The Morgan fingerprint density at radius 1 is 1.30 bits per heavy atom. The second kappa shape index (κ2) is 7.44. The van der Waals surface area contributed by atoms with Crippen LogP contribution in [-0.4, -0.2) is 40.3 Å². The van der Waals surface area contributed by atoms with E-state index in [9.17, 15) is 9.18 Å². The first-order chi connectivity index (χ1) is 13.1. The Morgan fingerprint density at radius 3 is 2.89 bits per heavy atom. The number of pyridine rings is 1. The Morgan fingerprint density at radius 2 is 2.11 bits per heavy atom. The molecule has 7 heteroatoms. The van der Waals surface area contributed by atoms with Crippen molar-refractivity contribution in [2.24, 2.45) is 13.0 Å². The van der Waals surface area contributed by atoms with Crippen LogP contribution in [0, 0.1) is 5.92 Å². The Bertz CT molecular complexity index is 939. The molecular weight excluding hydrogens is 347 g/mol. The highest BCUT2D eigenvalue weighted by Crippen LogP contribution is 2.28. The molecule has 0 saturated carbocycles. The molecule has 2 atom stereocenters. The molecule has 1 unspecified atom stereocenters. The summed E-state index contributed by atoms with van der Waals surface area (Å²) in [5.74, 6) is 0.449. The number of hydrogen-bond acceptors (Lipinski definition) is 5. The number of anilines is 1. The van der Waals surface area contributed by atoms with Crippen LogP contribution in [0.4, 0.5) is 10.3 Å². The van der Waals surface area contributed by atoms with Crippen LogP contribution in [0.5, 0.6) is 0 Å². The first kappa shape index (κ1) is 17.6. The third kappa shape index (κ3) is 3.68. The zero-order valence-corrected chi connectivity index (χ0v) is 15.1. The van der Waals surface area contributed by atoms with Gasteiger partial charge in [-0.15, -0.1) is 0 Å². The summed E-state index contributed by atoms with van der Waals surface area (Å²) in [6.07, 6.45) is 8.77. The van der Waals surface area contributed by atoms with Crippen LogP contribution in [0.2, 0.25) is 0 Å². The Hall–Kier alpha value is -2.80. The van der Waals surface area contributed by atoms with Crippen LogP contribution in [0.15, 0.2) is 59.4 Å². The number of aromatic nitrogens is 3. The van der Waals surface area contributed by atoms with Crippen LogP contribution in [0.25, 0.3) is 11.3 Å². The van der Waals surface area contributed by atoms with Gasteiger partial charge in [-0.2, -0.15) is 0 Å². The SMILES string of the molecule is Cn1c(N2CCO[C@H](C3C=CC=C(F)C3)C2)nc(-c2ccncc2)cc1=O. The molecule has 0 aromatic carbocycles. The minimum absolute atomic E-state index is 0.0155. The van der Waals surface area contributed by atoms with Crippen molar-refractivity contribution in [3.8, 4) is 11.3 Å². The zero-order valence-electron chi connectivity index (χ0n) is 15.1. The van der Waals surface area contributed by atoms with E-state index in [4.69, 9.17) is 9.72 Å². The van der Waals surface area contributed by atoms with Gasteiger partial charge in [0.05, 0.1) is 18.4 Å². The average Bonchev–Trinajstić information content (AvgIpc) is 2.71. The molecule has 1 saturated heterocycles. The van der Waals surface area contributed by atoms with Crippen molar-refractivity contribution in [1.29, 1.82) is 0 Å². The van der Waals surface area contributed by atoms with Gasteiger partial charge in [0.1, 0.15) is 5.83 Å². The van der Waals surface area contributed by atoms with Crippen LogP contribution in [0.3, 0.4) is 0 Å². The van der Waals surface area contributed by atoms with Crippen molar-refractivity contribution in [2.45, 2.75) is 12.5 Å². The normalized spacial score (nSPS) is 22.6. The lowest BCUT2D eigenvalue weighted by atomic mass is 9.93. The second-order valence-corrected chi connectivity index (χ2v) is 6.80. The topological polar surface area (TPSA) is 60.2 Å². The number of hydrogen-bond donors (Lipinski definition) is 0. The van der Waals surface area contributed by atoms with Gasteiger partial charge >= 0.3 is 0 Å². The van der Waals surface area contributed by atoms with Gasteiger partial charge in [0.15, 0.2) is 0 Å². The molecule has 2 aromatic heterocycles. The molecule has 4 rings (SSSR count). The summed E-state index contributed by atoms with van der Waals surface area (Å²) in [5, 5.41) is 0. The highest BCUT2D eigenvalue weighted by Gasteiger charge is 2.30. The van der Waals surface area contributed by atoms with E-state index in [0.29, 0.717) is 37.8 Å². The number of allylic oxidation sites excluding steroid dienone is 3. The van der Waals surface area contributed by atoms with Gasteiger partial charge in [-0.25, -0.2) is 9.37 Å². The Labute approximate surface area is 156 Å². The smallest absolute Gasteiger partial charge is 0.255 e. The first-order valence-electron chi connectivity index (χ1n) is 9.00. The van der Waals surface area contributed by atoms with E-state index < -0.39 is 0 Å². The fourth-order valence-corrected chi connectivity index (χ4v) is 3.52. The second-order valence-electron chi connectivity index (χ2n) is 6.80. The summed E-state index contributed by atoms with van der Waals surface area (Å²) in [6, 6.07) is 5.19. The largest absolute Gasteiger partial charge is 0.374 e. The van der Waals surface area contributed by atoms with Gasteiger partial charge in [0.25, 0.3) is 5.56 Å². The molecule has 6 nitrogen and oxygen atoms in total. The molecule has 140 valence electrons. The lowest BCUT2D eigenvalue weighted by molar-refractivity contribution is 0.0120. The van der Waals surface area contributed by atoms with E-state index in [1.165, 1.54) is 12.1 Å². The number of ether oxygens (including phenoxy) is 1. The maximum Gasteiger partial charge on any atom is 0.255 e. The van der Waals surface area contributed by atoms with Crippen molar-refractivity contribution in [1.82, 2.24) is 14.5 Å². The molecular formula is C20H21FN4O2. The summed E-state index contributed by atoms with van der Waals surface area (Å²) in [6.45, 7) is 1.70. The van der Waals surface area contributed by atoms with Crippen molar-refractivity contribution in [2.75, 3.05) is 24.6 Å². The Kier molecular flexibility index (Phi) is 4.85. The molecule has 2 aliphatic rings. The van der Waals surface area contributed by atoms with Gasteiger partial charge in [0.2, 0.25) is 5.95 Å².